The Balaban J connectivity index is 2.08. The summed E-state index contributed by atoms with van der Waals surface area (Å²) in [5, 5.41) is 0. The Bertz CT molecular complexity index is 412. The Morgan fingerprint density at radius 1 is 1.71 bits per heavy atom. The van der Waals surface area contributed by atoms with Gasteiger partial charge in [-0.25, -0.2) is 9.97 Å². The largest absolute Gasteiger partial charge is 0.388 e. The van der Waals surface area contributed by atoms with E-state index >= 15 is 0 Å². The molecule has 1 aliphatic rings. The number of hydrogen-bond donors (Lipinski definition) is 1. The van der Waals surface area contributed by atoms with E-state index in [2.05, 4.69) is 14.9 Å². The number of anilines is 1. The summed E-state index contributed by atoms with van der Waals surface area (Å²) in [5.74, 6) is 1.26. The lowest BCUT2D eigenvalue weighted by atomic mass is 10.1. The maximum Gasteiger partial charge on any atom is 0.225 e. The van der Waals surface area contributed by atoms with Gasteiger partial charge in [-0.15, -0.1) is 0 Å². The topological polar surface area (TPSA) is 64.3 Å². The van der Waals surface area contributed by atoms with Crippen LogP contribution in [0.5, 0.6) is 0 Å². The van der Waals surface area contributed by atoms with Gasteiger partial charge >= 0.3 is 0 Å². The van der Waals surface area contributed by atoms with Gasteiger partial charge in [-0.05, 0) is 12.5 Å². The zero-order valence-corrected chi connectivity index (χ0v) is 10.6. The Hall–Kier alpha value is -1.27. The smallest absolute Gasteiger partial charge is 0.225 e. The van der Waals surface area contributed by atoms with Crippen LogP contribution in [0, 0.1) is 5.92 Å². The molecule has 0 spiro atoms. The summed E-state index contributed by atoms with van der Waals surface area (Å²) in [7, 11) is 1.73. The predicted molar refractivity (Wildman–Crippen MR) is 70.1 cm³/mol. The summed E-state index contributed by atoms with van der Waals surface area (Å²) in [4.78, 5) is 11.1. The Labute approximate surface area is 106 Å². The molecule has 1 unspecified atom stereocenters. The van der Waals surface area contributed by atoms with Crippen molar-refractivity contribution < 1.29 is 4.74 Å². The molecule has 0 aromatic carbocycles. The van der Waals surface area contributed by atoms with Gasteiger partial charge < -0.3 is 15.4 Å². The van der Waals surface area contributed by atoms with Crippen molar-refractivity contribution in [3.05, 3.63) is 18.0 Å². The van der Waals surface area contributed by atoms with Crippen LogP contribution >= 0.6 is 12.2 Å². The Morgan fingerprint density at radius 3 is 3.24 bits per heavy atom. The summed E-state index contributed by atoms with van der Waals surface area (Å²) >= 11 is 4.91. The third-order valence-electron chi connectivity index (χ3n) is 2.87. The molecule has 2 N–H and O–H groups in total. The van der Waals surface area contributed by atoms with Gasteiger partial charge in [0.15, 0.2) is 0 Å². The molecule has 1 atom stereocenters. The quantitative estimate of drug-likeness (QED) is 0.791. The van der Waals surface area contributed by atoms with Crippen LogP contribution in [-0.4, -0.2) is 41.8 Å². The number of methoxy groups -OCH3 is 1. The molecule has 0 amide bonds. The highest BCUT2D eigenvalue weighted by molar-refractivity contribution is 7.80. The van der Waals surface area contributed by atoms with E-state index in [-0.39, 0.29) is 0 Å². The maximum atomic E-state index is 5.56. The summed E-state index contributed by atoms with van der Waals surface area (Å²) in [6, 6.07) is 1.73. The van der Waals surface area contributed by atoms with E-state index in [9.17, 15) is 0 Å². The first-order valence-electron chi connectivity index (χ1n) is 5.57. The van der Waals surface area contributed by atoms with E-state index in [0.717, 1.165) is 26.1 Å². The zero-order chi connectivity index (χ0) is 12.3. The number of ether oxygens (including phenoxy) is 1. The van der Waals surface area contributed by atoms with Crippen molar-refractivity contribution in [3.63, 3.8) is 0 Å². The number of hydrogen-bond acceptors (Lipinski definition) is 5. The lowest BCUT2D eigenvalue weighted by molar-refractivity contribution is 0.161. The van der Waals surface area contributed by atoms with Crippen molar-refractivity contribution in [3.8, 4) is 0 Å². The summed E-state index contributed by atoms with van der Waals surface area (Å²) in [5.41, 5.74) is 6.18. The van der Waals surface area contributed by atoms with Gasteiger partial charge in [-0.2, -0.15) is 0 Å². The molecule has 92 valence electrons. The molecule has 0 saturated carbocycles. The van der Waals surface area contributed by atoms with Crippen molar-refractivity contribution in [1.82, 2.24) is 9.97 Å². The van der Waals surface area contributed by atoms with Crippen LogP contribution in [0.1, 0.15) is 12.1 Å². The molecule has 0 radical (unpaired) electrons. The average molecular weight is 252 g/mol. The van der Waals surface area contributed by atoms with Gasteiger partial charge in [-0.3, -0.25) is 0 Å². The third kappa shape index (κ3) is 2.89. The molecule has 17 heavy (non-hydrogen) atoms. The molecular formula is C11H16N4OS. The maximum absolute atomic E-state index is 5.56. The van der Waals surface area contributed by atoms with Gasteiger partial charge in [-0.1, -0.05) is 12.2 Å². The van der Waals surface area contributed by atoms with Crippen molar-refractivity contribution >= 4 is 23.2 Å². The molecule has 5 nitrogen and oxygen atoms in total. The predicted octanol–water partition coefficient (Wildman–Crippen LogP) is 0.584. The number of aromatic nitrogens is 2. The molecule has 0 bridgehead atoms. The number of nitrogens with zero attached hydrogens (tertiary/aromatic N) is 3. The minimum absolute atomic E-state index is 0.307. The molecule has 1 aliphatic heterocycles. The average Bonchev–Trinajstić information content (AvgIpc) is 2.78. The molecule has 1 fully saturated rings. The van der Waals surface area contributed by atoms with Crippen LogP contribution in [0.25, 0.3) is 0 Å². The second-order valence-corrected chi connectivity index (χ2v) is 4.60. The molecular weight excluding hydrogens is 236 g/mol. The molecule has 6 heteroatoms. The first-order valence-corrected chi connectivity index (χ1v) is 5.98. The number of nitrogens with two attached hydrogens (primary N) is 1. The van der Waals surface area contributed by atoms with Crippen molar-refractivity contribution in [2.24, 2.45) is 11.7 Å². The zero-order valence-electron chi connectivity index (χ0n) is 9.80. The fourth-order valence-electron chi connectivity index (χ4n) is 2.02. The van der Waals surface area contributed by atoms with Crippen LogP contribution in [0.15, 0.2) is 12.3 Å². The van der Waals surface area contributed by atoms with E-state index in [1.54, 1.807) is 19.4 Å². The normalized spacial score (nSPS) is 19.6. The van der Waals surface area contributed by atoms with E-state index in [1.165, 1.54) is 0 Å². The first-order chi connectivity index (χ1) is 8.20. The SMILES string of the molecule is COCC1CCN(c2nccc(C(N)=S)n2)C1. The van der Waals surface area contributed by atoms with Crippen LogP contribution in [0.2, 0.25) is 0 Å². The molecule has 0 aliphatic carbocycles. The highest BCUT2D eigenvalue weighted by Gasteiger charge is 2.24. The molecule has 1 aromatic rings. The fraction of sp³-hybridized carbons (Fsp3) is 0.545. The highest BCUT2D eigenvalue weighted by Crippen LogP contribution is 2.20. The lowest BCUT2D eigenvalue weighted by Gasteiger charge is -2.16. The number of rotatable bonds is 4. The van der Waals surface area contributed by atoms with Crippen molar-refractivity contribution in [2.45, 2.75) is 6.42 Å². The summed E-state index contributed by atoms with van der Waals surface area (Å²) in [6.45, 7) is 2.66. The van der Waals surface area contributed by atoms with Gasteiger partial charge in [0.25, 0.3) is 0 Å². The lowest BCUT2D eigenvalue weighted by Crippen LogP contribution is -2.24. The molecule has 2 heterocycles. The number of thiocarbonyl (C=S) groups is 1. The second kappa shape index (κ2) is 5.37. The van der Waals surface area contributed by atoms with Gasteiger partial charge in [0.2, 0.25) is 5.95 Å². The van der Waals surface area contributed by atoms with E-state index < -0.39 is 0 Å². The van der Waals surface area contributed by atoms with Gasteiger partial charge in [0, 0.05) is 32.3 Å². The van der Waals surface area contributed by atoms with Crippen LogP contribution in [0.4, 0.5) is 5.95 Å². The monoisotopic (exact) mass is 252 g/mol. The standard InChI is InChI=1S/C11H16N4OS/c1-16-7-8-3-5-15(6-8)11-13-4-2-9(14-11)10(12)17/h2,4,8H,3,5-7H2,1H3,(H2,12,17). The minimum atomic E-state index is 0.307. The van der Waals surface area contributed by atoms with Crippen LogP contribution in [-0.2, 0) is 4.74 Å². The van der Waals surface area contributed by atoms with Crippen LogP contribution in [0.3, 0.4) is 0 Å². The highest BCUT2D eigenvalue weighted by atomic mass is 32.1. The molecule has 1 saturated heterocycles. The van der Waals surface area contributed by atoms with Crippen LogP contribution < -0.4 is 10.6 Å². The molecule has 2 rings (SSSR count). The Kier molecular flexibility index (Phi) is 3.86. The van der Waals surface area contributed by atoms with Gasteiger partial charge in [0.05, 0.1) is 6.61 Å². The van der Waals surface area contributed by atoms with Crippen molar-refractivity contribution in [2.75, 3.05) is 31.7 Å². The summed E-state index contributed by atoms with van der Waals surface area (Å²) < 4.78 is 5.16. The van der Waals surface area contributed by atoms with E-state index in [4.69, 9.17) is 22.7 Å². The van der Waals surface area contributed by atoms with E-state index in [1.807, 2.05) is 0 Å². The van der Waals surface area contributed by atoms with Gasteiger partial charge in [0.1, 0.15) is 10.7 Å². The first kappa shape index (κ1) is 12.2. The van der Waals surface area contributed by atoms with E-state index in [0.29, 0.717) is 22.5 Å². The fourth-order valence-corrected chi connectivity index (χ4v) is 2.14. The Morgan fingerprint density at radius 2 is 2.53 bits per heavy atom. The summed E-state index contributed by atoms with van der Waals surface area (Å²) in [6.07, 6.45) is 2.80. The third-order valence-corrected chi connectivity index (χ3v) is 3.08. The second-order valence-electron chi connectivity index (χ2n) is 4.16. The van der Waals surface area contributed by atoms with Crippen molar-refractivity contribution in [1.29, 1.82) is 0 Å². The minimum Gasteiger partial charge on any atom is -0.388 e. The molecule has 1 aromatic heterocycles.